The smallest absolute Gasteiger partial charge is 0.137 e. The number of allylic oxidation sites excluding steroid dienone is 2. The van der Waals surface area contributed by atoms with E-state index in [0.717, 1.165) is 34.6 Å². The van der Waals surface area contributed by atoms with Crippen LogP contribution in [0.4, 0.5) is 0 Å². The van der Waals surface area contributed by atoms with Crippen LogP contribution in [0.5, 0.6) is 0 Å². The molecule has 1 fully saturated rings. The maximum Gasteiger partial charge on any atom is 0.137 e. The first kappa shape index (κ1) is 14.6. The largest absolute Gasteiger partial charge is 0.495 e. The van der Waals surface area contributed by atoms with Gasteiger partial charge in [0, 0.05) is 43.2 Å². The molecule has 0 spiro atoms. The number of ether oxygens (including phenoxy) is 1. The van der Waals surface area contributed by atoms with E-state index in [2.05, 4.69) is 15.5 Å². The number of hydrazine groups is 1. The molecule has 2 atom stereocenters. The Morgan fingerprint density at radius 1 is 1.50 bits per heavy atom. The van der Waals surface area contributed by atoms with Gasteiger partial charge >= 0.3 is 0 Å². The van der Waals surface area contributed by atoms with E-state index in [0.29, 0.717) is 11.8 Å². The summed E-state index contributed by atoms with van der Waals surface area (Å²) >= 11 is 0. The lowest BCUT2D eigenvalue weighted by molar-refractivity contribution is 0.287. The van der Waals surface area contributed by atoms with Crippen LogP contribution in [0.15, 0.2) is 54.5 Å². The third kappa shape index (κ3) is 2.47. The van der Waals surface area contributed by atoms with Gasteiger partial charge in [-0.05, 0) is 24.6 Å². The predicted octanol–water partition coefficient (Wildman–Crippen LogP) is 1.69. The van der Waals surface area contributed by atoms with E-state index in [-0.39, 0.29) is 0 Å². The van der Waals surface area contributed by atoms with E-state index in [4.69, 9.17) is 10.5 Å². The number of pyridine rings is 1. The van der Waals surface area contributed by atoms with Gasteiger partial charge in [0.1, 0.15) is 11.3 Å². The Morgan fingerprint density at radius 2 is 2.38 bits per heavy atom. The van der Waals surface area contributed by atoms with Crippen LogP contribution >= 0.6 is 0 Å². The Bertz CT molecular complexity index is 865. The quantitative estimate of drug-likeness (QED) is 0.891. The molecular weight excluding hydrogens is 304 g/mol. The third-order valence-electron chi connectivity index (χ3n) is 4.48. The van der Waals surface area contributed by atoms with Gasteiger partial charge in [-0.1, -0.05) is 0 Å². The van der Waals surface area contributed by atoms with Gasteiger partial charge in [-0.25, -0.2) is 0 Å². The first-order valence-electron chi connectivity index (χ1n) is 7.89. The monoisotopic (exact) mass is 324 g/mol. The fourth-order valence-corrected chi connectivity index (χ4v) is 3.08. The Morgan fingerprint density at radius 3 is 3.12 bits per heavy atom. The van der Waals surface area contributed by atoms with E-state index in [1.54, 1.807) is 13.3 Å². The van der Waals surface area contributed by atoms with Crippen molar-refractivity contribution in [2.24, 2.45) is 18.7 Å². The molecule has 7 nitrogen and oxygen atoms in total. The standard InChI is InChI=1S/C17H20N6O/c1-22-15-4-3-6-19-17(15)16(21-22)13-8-12(13)14(18)10-23-7-5-11(24-2)9-20-23/h3-7,9-10,12-13,20H,8,18H2,1-2H3/b14-10-. The van der Waals surface area contributed by atoms with Crippen molar-refractivity contribution in [1.82, 2.24) is 25.2 Å². The fraction of sp³-hybridized carbons (Fsp3) is 0.294. The van der Waals surface area contributed by atoms with Crippen LogP contribution in [0.1, 0.15) is 18.0 Å². The van der Waals surface area contributed by atoms with Gasteiger partial charge < -0.3 is 10.5 Å². The SMILES string of the molecule is COC1=CNN(/C=C(\N)C2CC2c2nn(C)c3cccnc23)C=C1. The number of rotatable bonds is 4. The zero-order chi connectivity index (χ0) is 16.7. The normalized spacial score (nSPS) is 23.2. The molecule has 1 saturated carbocycles. The highest BCUT2D eigenvalue weighted by Crippen LogP contribution is 2.51. The molecule has 1 aliphatic carbocycles. The molecule has 3 heterocycles. The van der Waals surface area contributed by atoms with Crippen molar-refractivity contribution in [2.45, 2.75) is 12.3 Å². The summed E-state index contributed by atoms with van der Waals surface area (Å²) in [6.45, 7) is 0. The van der Waals surface area contributed by atoms with E-state index >= 15 is 0 Å². The van der Waals surface area contributed by atoms with Crippen molar-refractivity contribution in [3.8, 4) is 0 Å². The number of aryl methyl sites for hydroxylation is 1. The van der Waals surface area contributed by atoms with Crippen LogP contribution in [0, 0.1) is 5.92 Å². The van der Waals surface area contributed by atoms with Gasteiger partial charge in [-0.3, -0.25) is 20.1 Å². The molecule has 0 amide bonds. The summed E-state index contributed by atoms with van der Waals surface area (Å²) in [5, 5.41) is 6.48. The Hall–Kier alpha value is -2.96. The maximum atomic E-state index is 6.29. The minimum atomic E-state index is 0.299. The van der Waals surface area contributed by atoms with Gasteiger partial charge in [0.25, 0.3) is 0 Å². The van der Waals surface area contributed by atoms with Crippen LogP contribution in [-0.2, 0) is 11.8 Å². The summed E-state index contributed by atoms with van der Waals surface area (Å²) in [6.07, 6.45) is 10.3. The summed E-state index contributed by atoms with van der Waals surface area (Å²) < 4.78 is 7.03. The minimum Gasteiger partial charge on any atom is -0.495 e. The maximum absolute atomic E-state index is 6.29. The van der Waals surface area contributed by atoms with Crippen molar-refractivity contribution in [3.63, 3.8) is 0 Å². The lowest BCUT2D eigenvalue weighted by atomic mass is 10.2. The summed E-state index contributed by atoms with van der Waals surface area (Å²) in [5.74, 6) is 1.40. The number of methoxy groups -OCH3 is 1. The number of hydrogen-bond donors (Lipinski definition) is 2. The molecule has 4 rings (SSSR count). The second-order valence-electron chi connectivity index (χ2n) is 6.06. The van der Waals surface area contributed by atoms with Crippen molar-refractivity contribution < 1.29 is 4.74 Å². The number of aromatic nitrogens is 3. The minimum absolute atomic E-state index is 0.299. The molecule has 7 heteroatoms. The molecular formula is C17H20N6O. The van der Waals surface area contributed by atoms with E-state index in [1.807, 2.05) is 53.5 Å². The molecule has 124 valence electrons. The Labute approximate surface area is 140 Å². The van der Waals surface area contributed by atoms with Gasteiger partial charge in [0.15, 0.2) is 0 Å². The molecule has 0 bridgehead atoms. The molecule has 3 N–H and O–H groups in total. The molecule has 0 radical (unpaired) electrons. The molecule has 0 saturated heterocycles. The molecule has 0 aromatic carbocycles. The number of nitrogens with two attached hydrogens (primary N) is 1. The zero-order valence-corrected chi connectivity index (χ0v) is 13.7. The van der Waals surface area contributed by atoms with Crippen molar-refractivity contribution in [3.05, 3.63) is 60.2 Å². The lowest BCUT2D eigenvalue weighted by Crippen LogP contribution is -2.28. The number of nitrogens with zero attached hydrogens (tertiary/aromatic N) is 4. The summed E-state index contributed by atoms with van der Waals surface area (Å²) in [4.78, 5) is 4.49. The van der Waals surface area contributed by atoms with Gasteiger partial charge in [-0.2, -0.15) is 5.10 Å². The first-order valence-corrected chi connectivity index (χ1v) is 7.89. The molecule has 24 heavy (non-hydrogen) atoms. The molecule has 2 aliphatic rings. The fourth-order valence-electron chi connectivity index (χ4n) is 3.08. The number of fused-ring (bicyclic) bond motifs is 1. The average molecular weight is 324 g/mol. The van der Waals surface area contributed by atoms with Crippen molar-refractivity contribution in [2.75, 3.05) is 7.11 Å². The van der Waals surface area contributed by atoms with Crippen LogP contribution in [0.25, 0.3) is 11.0 Å². The Balaban J connectivity index is 1.51. The van der Waals surface area contributed by atoms with Crippen molar-refractivity contribution in [1.29, 1.82) is 0 Å². The van der Waals surface area contributed by atoms with E-state index < -0.39 is 0 Å². The van der Waals surface area contributed by atoms with Gasteiger partial charge in [0.05, 0.1) is 24.5 Å². The second-order valence-corrected chi connectivity index (χ2v) is 6.06. The van der Waals surface area contributed by atoms with E-state index in [9.17, 15) is 0 Å². The number of hydrogen-bond acceptors (Lipinski definition) is 6. The third-order valence-corrected chi connectivity index (χ3v) is 4.48. The molecule has 2 aromatic heterocycles. The second kappa shape index (κ2) is 5.59. The zero-order valence-electron chi connectivity index (χ0n) is 13.7. The highest BCUT2D eigenvalue weighted by Gasteiger charge is 2.43. The highest BCUT2D eigenvalue weighted by atomic mass is 16.5. The Kier molecular flexibility index (Phi) is 3.41. The molecule has 2 aromatic rings. The van der Waals surface area contributed by atoms with Crippen molar-refractivity contribution >= 4 is 11.0 Å². The number of nitrogens with one attached hydrogen (secondary N) is 1. The van der Waals surface area contributed by atoms with Crippen LogP contribution in [-0.4, -0.2) is 26.9 Å². The van der Waals surface area contributed by atoms with Gasteiger partial charge in [-0.15, -0.1) is 0 Å². The highest BCUT2D eigenvalue weighted by molar-refractivity contribution is 5.78. The molecule has 1 aliphatic heterocycles. The average Bonchev–Trinajstić information content (AvgIpc) is 3.34. The first-order chi connectivity index (χ1) is 11.7. The van der Waals surface area contributed by atoms with Crippen LogP contribution in [0.3, 0.4) is 0 Å². The summed E-state index contributed by atoms with van der Waals surface area (Å²) in [6, 6.07) is 3.97. The predicted molar refractivity (Wildman–Crippen MR) is 90.8 cm³/mol. The van der Waals surface area contributed by atoms with Crippen LogP contribution in [0.2, 0.25) is 0 Å². The molecule has 2 unspecified atom stereocenters. The topological polar surface area (TPSA) is 81.2 Å². The lowest BCUT2D eigenvalue weighted by Gasteiger charge is -2.20. The summed E-state index contributed by atoms with van der Waals surface area (Å²) in [5.41, 5.74) is 13.3. The summed E-state index contributed by atoms with van der Waals surface area (Å²) in [7, 11) is 3.59. The van der Waals surface area contributed by atoms with E-state index in [1.165, 1.54) is 0 Å². The van der Waals surface area contributed by atoms with Gasteiger partial charge in [0.2, 0.25) is 0 Å². The van der Waals surface area contributed by atoms with Crippen LogP contribution < -0.4 is 11.2 Å².